The third kappa shape index (κ3) is 7.06. The summed E-state index contributed by atoms with van der Waals surface area (Å²) in [6.45, 7) is 2.41. The Kier molecular flexibility index (Phi) is 8.48. The van der Waals surface area contributed by atoms with Crippen LogP contribution < -0.4 is 19.5 Å². The van der Waals surface area contributed by atoms with E-state index in [1.54, 1.807) is 39.3 Å². The predicted molar refractivity (Wildman–Crippen MR) is 129 cm³/mol. The van der Waals surface area contributed by atoms with Crippen molar-refractivity contribution >= 4 is 21.6 Å². The molecule has 0 aliphatic carbocycles. The highest BCUT2D eigenvalue weighted by Gasteiger charge is 2.16. The number of rotatable bonds is 11. The van der Waals surface area contributed by atoms with Crippen LogP contribution in [0.5, 0.6) is 23.1 Å². The highest BCUT2D eigenvalue weighted by atomic mass is 32.2. The molecule has 2 aromatic carbocycles. The third-order valence-corrected chi connectivity index (χ3v) is 5.59. The average molecular weight is 502 g/mol. The lowest BCUT2D eigenvalue weighted by Gasteiger charge is -2.12. The lowest BCUT2D eigenvalue weighted by molar-refractivity contribution is 0.0526. The minimum Gasteiger partial charge on any atom is -0.493 e. The molecule has 0 saturated carbocycles. The van der Waals surface area contributed by atoms with Gasteiger partial charge in [-0.15, -0.1) is 0 Å². The van der Waals surface area contributed by atoms with Gasteiger partial charge in [0.25, 0.3) is 5.16 Å². The molecular formula is C24H27N3O7S. The van der Waals surface area contributed by atoms with Crippen LogP contribution in [-0.4, -0.2) is 58.0 Å². The maximum atomic E-state index is 12.1. The van der Waals surface area contributed by atoms with E-state index in [0.717, 1.165) is 11.8 Å². The molecule has 0 unspecified atom stereocenters. The van der Waals surface area contributed by atoms with Crippen molar-refractivity contribution in [2.45, 2.75) is 18.5 Å². The van der Waals surface area contributed by atoms with Crippen LogP contribution in [0, 0.1) is 0 Å². The van der Waals surface area contributed by atoms with Gasteiger partial charge in [0.1, 0.15) is 11.6 Å². The van der Waals surface area contributed by atoms with Crippen molar-refractivity contribution in [2.75, 3.05) is 38.9 Å². The highest BCUT2D eigenvalue weighted by molar-refractivity contribution is 7.90. The largest absolute Gasteiger partial charge is 0.493 e. The molecule has 3 rings (SSSR count). The fourth-order valence-corrected chi connectivity index (χ4v) is 3.63. The molecule has 0 radical (unpaired) electrons. The molecule has 1 N–H and O–H groups in total. The highest BCUT2D eigenvalue weighted by Crippen LogP contribution is 2.28. The SMILES string of the molecule is CCOC(=O)c1cccc(Oc2cc(NCCc3ccc(OC)c(OC)c3)nc(S(C)(=O)=O)n2)c1. The summed E-state index contributed by atoms with van der Waals surface area (Å²) in [5.41, 5.74) is 1.29. The number of carbonyl (C=O) groups is 1. The molecule has 186 valence electrons. The summed E-state index contributed by atoms with van der Waals surface area (Å²) >= 11 is 0. The third-order valence-electron chi connectivity index (χ3n) is 4.75. The second kappa shape index (κ2) is 11.5. The van der Waals surface area contributed by atoms with E-state index in [1.165, 1.54) is 12.1 Å². The molecule has 0 aliphatic heterocycles. The molecule has 0 fully saturated rings. The Balaban J connectivity index is 1.78. The van der Waals surface area contributed by atoms with Crippen molar-refractivity contribution in [1.82, 2.24) is 9.97 Å². The van der Waals surface area contributed by atoms with Crippen LogP contribution in [0.2, 0.25) is 0 Å². The molecule has 3 aromatic rings. The van der Waals surface area contributed by atoms with E-state index in [-0.39, 0.29) is 23.5 Å². The van der Waals surface area contributed by atoms with Crippen LogP contribution in [0.4, 0.5) is 5.82 Å². The standard InChI is InChI=1S/C24H27N3O7S/c1-5-33-23(28)17-7-6-8-18(14-17)34-22-15-21(26-24(27-22)35(4,29)30)25-12-11-16-9-10-19(31-2)20(13-16)32-3/h6-10,13-15H,5,11-12H2,1-4H3,(H,25,26,27). The van der Waals surface area contributed by atoms with Gasteiger partial charge in [-0.25, -0.2) is 18.2 Å². The number of nitrogens with one attached hydrogen (secondary N) is 1. The summed E-state index contributed by atoms with van der Waals surface area (Å²) in [5, 5.41) is 2.72. The fourth-order valence-electron chi connectivity index (χ4n) is 3.11. The maximum Gasteiger partial charge on any atom is 0.338 e. The van der Waals surface area contributed by atoms with Gasteiger partial charge < -0.3 is 24.3 Å². The number of anilines is 1. The minimum atomic E-state index is -3.71. The Morgan fingerprint density at radius 2 is 1.77 bits per heavy atom. The van der Waals surface area contributed by atoms with Gasteiger partial charge in [-0.1, -0.05) is 12.1 Å². The first kappa shape index (κ1) is 25.8. The zero-order valence-electron chi connectivity index (χ0n) is 19.9. The average Bonchev–Trinajstić information content (AvgIpc) is 2.83. The first-order chi connectivity index (χ1) is 16.7. The lowest BCUT2D eigenvalue weighted by Crippen LogP contribution is -2.11. The second-order valence-corrected chi connectivity index (χ2v) is 9.27. The molecule has 10 nitrogen and oxygen atoms in total. The second-order valence-electron chi connectivity index (χ2n) is 7.36. The van der Waals surface area contributed by atoms with Crippen molar-refractivity contribution in [3.05, 3.63) is 59.7 Å². The number of ether oxygens (including phenoxy) is 4. The van der Waals surface area contributed by atoms with Crippen molar-refractivity contribution in [1.29, 1.82) is 0 Å². The smallest absolute Gasteiger partial charge is 0.338 e. The van der Waals surface area contributed by atoms with Crippen LogP contribution in [0.15, 0.2) is 53.7 Å². The van der Waals surface area contributed by atoms with E-state index in [2.05, 4.69) is 15.3 Å². The Hall–Kier alpha value is -3.86. The van der Waals surface area contributed by atoms with Crippen LogP contribution in [0.3, 0.4) is 0 Å². The van der Waals surface area contributed by atoms with Crippen LogP contribution in [0.25, 0.3) is 0 Å². The Morgan fingerprint density at radius 1 is 1.00 bits per heavy atom. The monoisotopic (exact) mass is 501 g/mol. The lowest BCUT2D eigenvalue weighted by atomic mass is 10.1. The van der Waals surface area contributed by atoms with Crippen LogP contribution in [0.1, 0.15) is 22.8 Å². The van der Waals surface area contributed by atoms with Crippen molar-refractivity contribution in [3.63, 3.8) is 0 Å². The first-order valence-corrected chi connectivity index (χ1v) is 12.6. The van der Waals surface area contributed by atoms with Crippen molar-refractivity contribution in [2.24, 2.45) is 0 Å². The van der Waals surface area contributed by atoms with E-state index < -0.39 is 15.8 Å². The number of benzene rings is 2. The van der Waals surface area contributed by atoms with Gasteiger partial charge in [0.05, 0.1) is 26.4 Å². The van der Waals surface area contributed by atoms with E-state index in [1.807, 2.05) is 18.2 Å². The summed E-state index contributed by atoms with van der Waals surface area (Å²) in [5.74, 6) is 1.34. The summed E-state index contributed by atoms with van der Waals surface area (Å²) < 4.78 is 45.6. The molecule has 0 amide bonds. The molecule has 1 heterocycles. The van der Waals surface area contributed by atoms with Gasteiger partial charge in [-0.05, 0) is 49.2 Å². The molecule has 0 saturated heterocycles. The van der Waals surface area contributed by atoms with Crippen LogP contribution >= 0.6 is 0 Å². The van der Waals surface area contributed by atoms with E-state index >= 15 is 0 Å². The molecular weight excluding hydrogens is 474 g/mol. The number of hydrogen-bond acceptors (Lipinski definition) is 10. The molecule has 0 atom stereocenters. The number of sulfone groups is 1. The number of carbonyl (C=O) groups excluding carboxylic acids is 1. The van der Waals surface area contributed by atoms with Crippen molar-refractivity contribution in [3.8, 4) is 23.1 Å². The molecule has 1 aromatic heterocycles. The summed E-state index contributed by atoms with van der Waals surface area (Å²) in [6, 6.07) is 13.4. The zero-order valence-corrected chi connectivity index (χ0v) is 20.7. The van der Waals surface area contributed by atoms with Gasteiger partial charge in [-0.3, -0.25) is 0 Å². The van der Waals surface area contributed by atoms with E-state index in [0.29, 0.717) is 35.8 Å². The number of hydrogen-bond donors (Lipinski definition) is 1. The first-order valence-electron chi connectivity index (χ1n) is 10.7. The van der Waals surface area contributed by atoms with E-state index in [9.17, 15) is 13.2 Å². The van der Waals surface area contributed by atoms with Crippen LogP contribution in [-0.2, 0) is 21.0 Å². The number of aromatic nitrogens is 2. The summed E-state index contributed by atoms with van der Waals surface area (Å²) in [7, 11) is -0.573. The van der Waals surface area contributed by atoms with Crippen molar-refractivity contribution < 1.29 is 32.2 Å². The summed E-state index contributed by atoms with van der Waals surface area (Å²) in [4.78, 5) is 20.1. The number of nitrogens with zero attached hydrogens (tertiary/aromatic N) is 2. The maximum absolute atomic E-state index is 12.1. The topological polar surface area (TPSA) is 126 Å². The molecule has 11 heteroatoms. The number of methoxy groups -OCH3 is 2. The molecule has 0 bridgehead atoms. The predicted octanol–water partition coefficient (Wildman–Crippen LogP) is 3.52. The van der Waals surface area contributed by atoms with E-state index in [4.69, 9.17) is 18.9 Å². The van der Waals surface area contributed by atoms with Gasteiger partial charge in [0.2, 0.25) is 15.7 Å². The van der Waals surface area contributed by atoms with Gasteiger partial charge >= 0.3 is 5.97 Å². The van der Waals surface area contributed by atoms with Gasteiger partial charge in [0.15, 0.2) is 11.5 Å². The minimum absolute atomic E-state index is 0.00931. The van der Waals surface area contributed by atoms with Gasteiger partial charge in [-0.2, -0.15) is 4.98 Å². The fraction of sp³-hybridized carbons (Fsp3) is 0.292. The Bertz CT molecular complexity index is 1300. The summed E-state index contributed by atoms with van der Waals surface area (Å²) in [6.07, 6.45) is 1.62. The Morgan fingerprint density at radius 3 is 2.46 bits per heavy atom. The molecule has 35 heavy (non-hydrogen) atoms. The zero-order chi connectivity index (χ0) is 25.4. The Labute approximate surface area is 204 Å². The quantitative estimate of drug-likeness (QED) is 0.308. The number of esters is 1. The molecule has 0 spiro atoms. The normalized spacial score (nSPS) is 11.0. The van der Waals surface area contributed by atoms with Gasteiger partial charge in [0, 0.05) is 18.9 Å². The molecule has 0 aliphatic rings.